The first-order valence-electron chi connectivity index (χ1n) is 16.9. The van der Waals surface area contributed by atoms with E-state index >= 15 is 0 Å². The van der Waals surface area contributed by atoms with Gasteiger partial charge in [-0.15, -0.1) is 0 Å². The summed E-state index contributed by atoms with van der Waals surface area (Å²) in [6, 6.07) is 0. The summed E-state index contributed by atoms with van der Waals surface area (Å²) in [5.41, 5.74) is -0.225. The normalized spacial score (nSPS) is 13.4. The Morgan fingerprint density at radius 3 is 0.943 bits per heavy atom. The van der Waals surface area contributed by atoms with Gasteiger partial charge in [-0.25, -0.2) is 35.1 Å². The predicted molar refractivity (Wildman–Crippen MR) is 189 cm³/mol. The van der Waals surface area contributed by atoms with Gasteiger partial charge in [-0.3, -0.25) is 0 Å². The molecule has 0 spiro atoms. The summed E-state index contributed by atoms with van der Waals surface area (Å²) in [4.78, 5) is 0. The number of alkyl halides is 13. The molecule has 16 heteroatoms. The van der Waals surface area contributed by atoms with Crippen molar-refractivity contribution in [3.63, 3.8) is 0 Å². The average molecular weight is 815 g/mol. The molecule has 326 valence electrons. The molecule has 0 aliphatic rings. The smallest absolute Gasteiger partial charge is 0.248 e. The molecule has 3 unspecified atom stereocenters. The fraction of sp³-hybridized carbons (Fsp3) is 0.784. The lowest BCUT2D eigenvalue weighted by molar-refractivity contribution is -0.170. The summed E-state index contributed by atoms with van der Waals surface area (Å²) in [6.07, 6.45) is -9.06. The molecular weight excluding hydrogens is 748 g/mol. The first-order chi connectivity index (χ1) is 23.6. The molecule has 0 N–H and O–H groups in total. The lowest BCUT2D eigenvalue weighted by Crippen LogP contribution is -2.18. The van der Waals surface area contributed by atoms with E-state index in [9.17, 15) is 70.2 Å². The fourth-order valence-electron chi connectivity index (χ4n) is 0.833. The number of hydrogen-bond donors (Lipinski definition) is 0. The maximum absolute atomic E-state index is 11.5. The first-order valence-corrected chi connectivity index (χ1v) is 16.9. The maximum Gasteiger partial charge on any atom is 0.412 e. The minimum absolute atomic E-state index is 0.0625. The third-order valence-electron chi connectivity index (χ3n) is 6.36. The summed E-state index contributed by atoms with van der Waals surface area (Å²) in [7, 11) is 0. The van der Waals surface area contributed by atoms with Crippen molar-refractivity contribution in [1.82, 2.24) is 0 Å². The summed E-state index contributed by atoms with van der Waals surface area (Å²) in [5, 5.41) is 0. The van der Waals surface area contributed by atoms with E-state index in [0.29, 0.717) is 19.3 Å². The van der Waals surface area contributed by atoms with Crippen molar-refractivity contribution in [2.24, 2.45) is 11.8 Å². The van der Waals surface area contributed by atoms with E-state index in [1.54, 1.807) is 41.5 Å². The Hall–Kier alpha value is -2.16. The molecule has 0 nitrogen and oxygen atoms in total. The summed E-state index contributed by atoms with van der Waals surface area (Å²) < 4.78 is 182. The van der Waals surface area contributed by atoms with Crippen LogP contribution in [0.2, 0.25) is 0 Å². The van der Waals surface area contributed by atoms with Gasteiger partial charge in [0.15, 0.2) is 0 Å². The van der Waals surface area contributed by atoms with Gasteiger partial charge in [0.1, 0.15) is 0 Å². The largest absolute Gasteiger partial charge is 0.412 e. The van der Waals surface area contributed by atoms with Gasteiger partial charge >= 0.3 is 12.4 Å². The average Bonchev–Trinajstić information content (AvgIpc) is 3.06. The first kappa shape index (κ1) is 68.8. The van der Waals surface area contributed by atoms with E-state index in [-0.39, 0.29) is 29.8 Å². The molecule has 0 aromatic carbocycles. The molecule has 0 bridgehead atoms. The zero-order chi connectivity index (χ0) is 44.9. The number of hydrogen-bond acceptors (Lipinski definition) is 0. The Morgan fingerprint density at radius 1 is 0.604 bits per heavy atom. The summed E-state index contributed by atoms with van der Waals surface area (Å²) in [5.74, 6) is -4.16. The monoisotopic (exact) mass is 814 g/mol. The maximum atomic E-state index is 11.5. The van der Waals surface area contributed by atoms with Crippen molar-refractivity contribution >= 4 is 0 Å². The topological polar surface area (TPSA) is 0 Å². The number of rotatable bonds is 7. The quantitative estimate of drug-likeness (QED) is 0.177. The molecule has 0 aliphatic carbocycles. The molecule has 0 aromatic heterocycles. The molecule has 0 radical (unpaired) electrons. The second-order valence-electron chi connectivity index (χ2n) is 11.3. The molecule has 53 heavy (non-hydrogen) atoms. The Morgan fingerprint density at radius 2 is 0.943 bits per heavy atom. The highest BCUT2D eigenvalue weighted by atomic mass is 19.4. The molecule has 0 heterocycles. The van der Waals surface area contributed by atoms with Gasteiger partial charge in [0.25, 0.3) is 12.5 Å². The number of halogens is 16. The van der Waals surface area contributed by atoms with Crippen LogP contribution in [0.5, 0.6) is 0 Å². The van der Waals surface area contributed by atoms with Crippen LogP contribution in [0.3, 0.4) is 0 Å². The van der Waals surface area contributed by atoms with E-state index in [4.69, 9.17) is 0 Å². The van der Waals surface area contributed by atoms with Crippen LogP contribution in [0.1, 0.15) is 143 Å². The molecular formula is C37H66F16. The van der Waals surface area contributed by atoms with Gasteiger partial charge in [0, 0.05) is 17.9 Å². The minimum Gasteiger partial charge on any atom is -0.248 e. The van der Waals surface area contributed by atoms with Crippen LogP contribution in [-0.4, -0.2) is 37.3 Å². The summed E-state index contributed by atoms with van der Waals surface area (Å²) >= 11 is 0. The summed E-state index contributed by atoms with van der Waals surface area (Å²) in [6.45, 7) is 23.4. The Labute approximate surface area is 309 Å². The van der Waals surface area contributed by atoms with Crippen molar-refractivity contribution < 1.29 is 70.2 Å². The SMILES string of the molecule is C/C=C(\C)C(F)(F)F.C/C=C(\C)C(F)F.C/C=C(\C)F.CCC(C)(F)F.CCC(C)=C(F)F.CCC(C)C(F)(F)F.CCC(C)C(F)F.CCC(C)F. The van der Waals surface area contributed by atoms with Gasteiger partial charge < -0.3 is 0 Å². The molecule has 3 atom stereocenters. The Kier molecular flexibility index (Phi) is 53.2. The van der Waals surface area contributed by atoms with Crippen molar-refractivity contribution in [1.29, 1.82) is 0 Å². The zero-order valence-electron chi connectivity index (χ0n) is 34.2. The predicted octanol–water partition coefficient (Wildman–Crippen LogP) is 17.9. The van der Waals surface area contributed by atoms with Crippen LogP contribution in [-0.2, 0) is 0 Å². The van der Waals surface area contributed by atoms with Crippen LogP contribution >= 0.6 is 0 Å². The fourth-order valence-corrected chi connectivity index (χ4v) is 0.833. The van der Waals surface area contributed by atoms with Crippen LogP contribution in [0.15, 0.2) is 46.9 Å². The van der Waals surface area contributed by atoms with Crippen LogP contribution < -0.4 is 0 Å². The highest BCUT2D eigenvalue weighted by Gasteiger charge is 2.34. The van der Waals surface area contributed by atoms with Gasteiger partial charge in [-0.05, 0) is 99.1 Å². The second kappa shape index (κ2) is 41.0. The Bertz CT molecular complexity index is 882. The molecule has 0 saturated carbocycles. The molecule has 0 aliphatic heterocycles. The highest BCUT2D eigenvalue weighted by Crippen LogP contribution is 2.27. The standard InChI is InChI=1S/C5H9F3.C5H7F3.C5H10F2.2C5H8F2.C4H8F2.C4H9F.C4H7F/c2*1-3-4(2)5(6,7)8;3*1-3-4(2)5(6)7;1-3-4(2,5)6;2*1-3-4(2)5/h4H,3H2,1-2H3;3H,1-2H3;4-5H,3H2,1-2H3;3H2,1-2H3;3,5H,1-2H3;3H2,1-2H3;4H,3H2,1-2H3;3H,1-2H3/b;4-3+;;;4-3+;;;4-3+. The molecule has 0 fully saturated rings. The number of allylic oxidation sites excluding steroid dienone is 7. The van der Waals surface area contributed by atoms with E-state index in [2.05, 4.69) is 0 Å². The molecule has 0 amide bonds. The van der Waals surface area contributed by atoms with E-state index in [0.717, 1.165) is 19.9 Å². The van der Waals surface area contributed by atoms with Crippen molar-refractivity contribution in [3.05, 3.63) is 46.9 Å². The zero-order valence-corrected chi connectivity index (χ0v) is 34.2. The van der Waals surface area contributed by atoms with E-state index in [1.165, 1.54) is 60.6 Å². The van der Waals surface area contributed by atoms with Gasteiger partial charge in [0.05, 0.1) is 17.9 Å². The van der Waals surface area contributed by atoms with Crippen LogP contribution in [0.4, 0.5) is 70.2 Å². The third kappa shape index (κ3) is 75.6. The molecule has 0 saturated heterocycles. The van der Waals surface area contributed by atoms with Crippen LogP contribution in [0.25, 0.3) is 0 Å². The van der Waals surface area contributed by atoms with Crippen molar-refractivity contribution in [3.8, 4) is 0 Å². The second-order valence-corrected chi connectivity index (χ2v) is 11.3. The Balaban J connectivity index is -0.0000000732. The molecule has 0 aromatic rings. The van der Waals surface area contributed by atoms with Gasteiger partial charge in [-0.1, -0.05) is 66.7 Å². The van der Waals surface area contributed by atoms with E-state index in [1.807, 2.05) is 6.92 Å². The van der Waals surface area contributed by atoms with Gasteiger partial charge in [0.2, 0.25) is 12.3 Å². The van der Waals surface area contributed by atoms with Crippen molar-refractivity contribution in [2.45, 2.75) is 180 Å². The van der Waals surface area contributed by atoms with Gasteiger partial charge in [-0.2, -0.15) is 35.1 Å². The van der Waals surface area contributed by atoms with E-state index < -0.39 is 60.8 Å². The third-order valence-corrected chi connectivity index (χ3v) is 6.36. The minimum atomic E-state index is -4.13. The van der Waals surface area contributed by atoms with Crippen molar-refractivity contribution in [2.75, 3.05) is 0 Å². The highest BCUT2D eigenvalue weighted by molar-refractivity contribution is 5.02. The molecule has 0 rings (SSSR count). The lowest BCUT2D eigenvalue weighted by atomic mass is 10.1. The van der Waals surface area contributed by atoms with Crippen LogP contribution in [0, 0.1) is 11.8 Å². The lowest BCUT2D eigenvalue weighted by Gasteiger charge is -2.11.